The molecule has 0 unspecified atom stereocenters. The van der Waals surface area contributed by atoms with E-state index in [9.17, 15) is 9.18 Å². The molecular formula is C18H20FN5OS. The standard InChI is InChI=1S/C18H20FN5OS/c1-11-15(12(2)24-17(20-11)21-18(22-24)26-4)9-16(25)23(3)10-13-5-7-14(19)8-6-13/h5-8H,9-10H2,1-4H3. The maximum absolute atomic E-state index is 13.0. The number of thioether (sulfide) groups is 1. The molecule has 8 heteroatoms. The van der Waals surface area contributed by atoms with Crippen LogP contribution in [0.15, 0.2) is 29.4 Å². The predicted octanol–water partition coefficient (Wildman–Crippen LogP) is 2.80. The Hall–Kier alpha value is -2.48. The van der Waals surface area contributed by atoms with Gasteiger partial charge in [0, 0.05) is 30.5 Å². The molecule has 0 saturated carbocycles. The van der Waals surface area contributed by atoms with Gasteiger partial charge in [0.15, 0.2) is 0 Å². The highest BCUT2D eigenvalue weighted by Gasteiger charge is 2.18. The number of halogens is 1. The molecule has 0 aliphatic rings. The number of fused-ring (bicyclic) bond motifs is 1. The Morgan fingerprint density at radius 1 is 1.23 bits per heavy atom. The topological polar surface area (TPSA) is 63.4 Å². The van der Waals surface area contributed by atoms with Gasteiger partial charge in [0.25, 0.3) is 5.78 Å². The van der Waals surface area contributed by atoms with Gasteiger partial charge in [-0.3, -0.25) is 4.79 Å². The minimum atomic E-state index is -0.286. The van der Waals surface area contributed by atoms with Crippen molar-refractivity contribution in [3.63, 3.8) is 0 Å². The first-order valence-electron chi connectivity index (χ1n) is 8.14. The van der Waals surface area contributed by atoms with Crippen molar-refractivity contribution in [3.8, 4) is 0 Å². The van der Waals surface area contributed by atoms with E-state index in [1.54, 1.807) is 28.6 Å². The van der Waals surface area contributed by atoms with Gasteiger partial charge in [-0.25, -0.2) is 13.9 Å². The van der Waals surface area contributed by atoms with E-state index in [1.807, 2.05) is 20.1 Å². The number of aromatic nitrogens is 4. The van der Waals surface area contributed by atoms with E-state index in [4.69, 9.17) is 0 Å². The molecule has 0 radical (unpaired) electrons. The van der Waals surface area contributed by atoms with Crippen LogP contribution in [-0.4, -0.2) is 43.7 Å². The summed E-state index contributed by atoms with van der Waals surface area (Å²) in [4.78, 5) is 23.1. The van der Waals surface area contributed by atoms with E-state index in [-0.39, 0.29) is 18.1 Å². The first-order chi connectivity index (χ1) is 12.4. The maximum atomic E-state index is 13.0. The van der Waals surface area contributed by atoms with E-state index in [1.165, 1.54) is 23.9 Å². The van der Waals surface area contributed by atoms with Gasteiger partial charge in [-0.2, -0.15) is 4.98 Å². The van der Waals surface area contributed by atoms with E-state index < -0.39 is 0 Å². The summed E-state index contributed by atoms with van der Waals surface area (Å²) in [6.07, 6.45) is 2.14. The highest BCUT2D eigenvalue weighted by molar-refractivity contribution is 7.98. The van der Waals surface area contributed by atoms with Gasteiger partial charge in [0.1, 0.15) is 5.82 Å². The lowest BCUT2D eigenvalue weighted by Crippen LogP contribution is -2.28. The van der Waals surface area contributed by atoms with Crippen LogP contribution >= 0.6 is 11.8 Å². The van der Waals surface area contributed by atoms with Gasteiger partial charge in [-0.1, -0.05) is 23.9 Å². The zero-order valence-electron chi connectivity index (χ0n) is 15.2. The summed E-state index contributed by atoms with van der Waals surface area (Å²) in [7, 11) is 1.74. The van der Waals surface area contributed by atoms with Crippen molar-refractivity contribution in [2.75, 3.05) is 13.3 Å². The van der Waals surface area contributed by atoms with Crippen LogP contribution in [0.25, 0.3) is 5.78 Å². The van der Waals surface area contributed by atoms with Gasteiger partial charge in [-0.15, -0.1) is 5.10 Å². The zero-order chi connectivity index (χ0) is 18.8. The molecule has 3 rings (SSSR count). The number of hydrogen-bond acceptors (Lipinski definition) is 5. The van der Waals surface area contributed by atoms with Crippen LogP contribution in [-0.2, 0) is 17.8 Å². The molecule has 3 aromatic rings. The third kappa shape index (κ3) is 3.70. The highest BCUT2D eigenvalue weighted by Crippen LogP contribution is 2.18. The van der Waals surface area contributed by atoms with Crippen LogP contribution < -0.4 is 0 Å². The first-order valence-corrected chi connectivity index (χ1v) is 9.36. The molecular weight excluding hydrogens is 353 g/mol. The van der Waals surface area contributed by atoms with Crippen molar-refractivity contribution >= 4 is 23.4 Å². The lowest BCUT2D eigenvalue weighted by Gasteiger charge is -2.18. The average molecular weight is 373 g/mol. The fourth-order valence-electron chi connectivity index (χ4n) is 2.77. The Bertz CT molecular complexity index is 954. The number of likely N-dealkylation sites (N-methyl/N-ethyl adjacent to an activating group) is 1. The van der Waals surface area contributed by atoms with E-state index in [0.717, 1.165) is 22.5 Å². The molecule has 1 amide bonds. The summed E-state index contributed by atoms with van der Waals surface area (Å²) >= 11 is 1.45. The molecule has 0 N–H and O–H groups in total. The van der Waals surface area contributed by atoms with Crippen LogP contribution in [0.2, 0.25) is 0 Å². The maximum Gasteiger partial charge on any atom is 0.253 e. The largest absolute Gasteiger partial charge is 0.341 e. The molecule has 0 aliphatic carbocycles. The van der Waals surface area contributed by atoms with E-state index in [0.29, 0.717) is 17.5 Å². The Balaban J connectivity index is 1.80. The normalized spacial score (nSPS) is 11.1. The smallest absolute Gasteiger partial charge is 0.253 e. The minimum Gasteiger partial charge on any atom is -0.341 e. The van der Waals surface area contributed by atoms with E-state index in [2.05, 4.69) is 15.1 Å². The molecule has 6 nitrogen and oxygen atoms in total. The number of carbonyl (C=O) groups is 1. The Morgan fingerprint density at radius 2 is 1.92 bits per heavy atom. The Kier molecular flexibility index (Phi) is 5.22. The number of rotatable bonds is 5. The van der Waals surface area contributed by atoms with Crippen LogP contribution in [0.5, 0.6) is 0 Å². The van der Waals surface area contributed by atoms with Gasteiger partial charge >= 0.3 is 0 Å². The third-order valence-corrected chi connectivity index (χ3v) is 4.84. The molecule has 0 fully saturated rings. The number of amides is 1. The second kappa shape index (κ2) is 7.41. The molecule has 0 spiro atoms. The van der Waals surface area contributed by atoms with Gasteiger partial charge in [0.2, 0.25) is 11.1 Å². The average Bonchev–Trinajstić information content (AvgIpc) is 3.03. The lowest BCUT2D eigenvalue weighted by molar-refractivity contribution is -0.129. The monoisotopic (exact) mass is 373 g/mol. The second-order valence-electron chi connectivity index (χ2n) is 6.12. The fourth-order valence-corrected chi connectivity index (χ4v) is 3.11. The van der Waals surface area contributed by atoms with E-state index >= 15 is 0 Å². The van der Waals surface area contributed by atoms with Crippen molar-refractivity contribution in [3.05, 3.63) is 52.6 Å². The van der Waals surface area contributed by atoms with Crippen LogP contribution in [0, 0.1) is 19.7 Å². The molecule has 2 heterocycles. The molecule has 0 atom stereocenters. The third-order valence-electron chi connectivity index (χ3n) is 4.30. The van der Waals surface area contributed by atoms with Crippen LogP contribution in [0.1, 0.15) is 22.5 Å². The SMILES string of the molecule is CSc1nc2nc(C)c(CC(=O)N(C)Cc3ccc(F)cc3)c(C)n2n1. The molecule has 2 aromatic heterocycles. The number of nitrogens with zero attached hydrogens (tertiary/aromatic N) is 5. The van der Waals surface area contributed by atoms with Gasteiger partial charge in [-0.05, 0) is 37.8 Å². The van der Waals surface area contributed by atoms with Gasteiger partial charge in [0.05, 0.1) is 6.42 Å². The summed E-state index contributed by atoms with van der Waals surface area (Å²) in [5.74, 6) is 0.220. The van der Waals surface area contributed by atoms with Crippen molar-refractivity contribution in [1.82, 2.24) is 24.5 Å². The molecule has 136 valence electrons. The Labute approximate surface area is 155 Å². The molecule has 0 saturated heterocycles. The highest BCUT2D eigenvalue weighted by atomic mass is 32.2. The number of benzene rings is 1. The summed E-state index contributed by atoms with van der Waals surface area (Å²) in [5.41, 5.74) is 3.37. The van der Waals surface area contributed by atoms with Crippen molar-refractivity contribution in [2.24, 2.45) is 0 Å². The summed E-state index contributed by atoms with van der Waals surface area (Å²) in [5, 5.41) is 5.06. The lowest BCUT2D eigenvalue weighted by atomic mass is 10.1. The van der Waals surface area contributed by atoms with Crippen molar-refractivity contribution < 1.29 is 9.18 Å². The molecule has 1 aromatic carbocycles. The molecule has 26 heavy (non-hydrogen) atoms. The molecule has 0 aliphatic heterocycles. The predicted molar refractivity (Wildman–Crippen MR) is 98.6 cm³/mol. The zero-order valence-corrected chi connectivity index (χ0v) is 16.0. The molecule has 0 bridgehead atoms. The number of aryl methyl sites for hydroxylation is 2. The Morgan fingerprint density at radius 3 is 2.58 bits per heavy atom. The van der Waals surface area contributed by atoms with Crippen molar-refractivity contribution in [2.45, 2.75) is 32.0 Å². The number of hydrogen-bond donors (Lipinski definition) is 0. The summed E-state index contributed by atoms with van der Waals surface area (Å²) < 4.78 is 14.7. The number of carbonyl (C=O) groups excluding carboxylic acids is 1. The second-order valence-corrected chi connectivity index (χ2v) is 6.90. The fraction of sp³-hybridized carbons (Fsp3) is 0.333. The first kappa shape index (κ1) is 18.3. The van der Waals surface area contributed by atoms with Gasteiger partial charge < -0.3 is 4.90 Å². The summed E-state index contributed by atoms with van der Waals surface area (Å²) in [6.45, 7) is 4.22. The summed E-state index contributed by atoms with van der Waals surface area (Å²) in [6, 6.07) is 6.16. The van der Waals surface area contributed by atoms with Crippen LogP contribution in [0.3, 0.4) is 0 Å². The van der Waals surface area contributed by atoms with Crippen molar-refractivity contribution in [1.29, 1.82) is 0 Å². The van der Waals surface area contributed by atoms with Crippen LogP contribution in [0.4, 0.5) is 4.39 Å². The quantitative estimate of drug-likeness (QED) is 0.644. The minimum absolute atomic E-state index is 0.0353.